The molecule has 2 atom stereocenters. The number of amides is 1. The van der Waals surface area contributed by atoms with E-state index in [-0.39, 0.29) is 30.1 Å². The van der Waals surface area contributed by atoms with Crippen molar-refractivity contribution in [3.8, 4) is 0 Å². The molecule has 1 heterocycles. The minimum absolute atomic E-state index is 0.00698. The van der Waals surface area contributed by atoms with Crippen LogP contribution in [-0.4, -0.2) is 42.1 Å². The summed E-state index contributed by atoms with van der Waals surface area (Å²) in [6.45, 7) is 20.2. The fourth-order valence-corrected chi connectivity index (χ4v) is 6.69. The lowest BCUT2D eigenvalue weighted by molar-refractivity contribution is -0.122. The summed E-state index contributed by atoms with van der Waals surface area (Å²) in [5.74, 6) is 5.00. The van der Waals surface area contributed by atoms with E-state index in [9.17, 15) is 9.59 Å². The molecule has 1 aromatic carbocycles. The molecule has 2 unspecified atom stereocenters. The highest BCUT2D eigenvalue weighted by molar-refractivity contribution is 7.99. The molecule has 1 saturated carbocycles. The lowest BCUT2D eigenvalue weighted by Gasteiger charge is -2.32. The smallest absolute Gasteiger partial charge is 0.224 e. The number of thioether (sulfide) groups is 1. The number of allylic oxidation sites excluding steroid dienone is 5. The predicted molar refractivity (Wildman–Crippen MR) is 204 cm³/mol. The highest BCUT2D eigenvalue weighted by atomic mass is 32.2. The van der Waals surface area contributed by atoms with Crippen LogP contribution in [0.2, 0.25) is 0 Å². The van der Waals surface area contributed by atoms with E-state index in [0.717, 1.165) is 60.1 Å². The van der Waals surface area contributed by atoms with Crippen molar-refractivity contribution in [2.24, 2.45) is 17.8 Å². The van der Waals surface area contributed by atoms with Gasteiger partial charge in [-0.3, -0.25) is 9.59 Å². The Balaban J connectivity index is 0.00000142. The zero-order valence-electron chi connectivity index (χ0n) is 29.9. The van der Waals surface area contributed by atoms with Gasteiger partial charge in [0.1, 0.15) is 12.0 Å². The number of rotatable bonds is 11. The van der Waals surface area contributed by atoms with Crippen LogP contribution in [0.25, 0.3) is 5.76 Å². The van der Waals surface area contributed by atoms with Gasteiger partial charge < -0.3 is 14.8 Å². The van der Waals surface area contributed by atoms with E-state index in [1.165, 1.54) is 31.3 Å². The molecule has 1 saturated heterocycles. The Morgan fingerprint density at radius 1 is 1.07 bits per heavy atom. The molecule has 2 fully saturated rings. The van der Waals surface area contributed by atoms with E-state index >= 15 is 0 Å². The van der Waals surface area contributed by atoms with Crippen molar-refractivity contribution in [2.75, 3.05) is 18.1 Å². The van der Waals surface area contributed by atoms with Crippen LogP contribution in [0.1, 0.15) is 106 Å². The molecular formula is C39H62NO4PS. The minimum Gasteiger partial charge on any atom is -0.494 e. The molecule has 7 heteroatoms. The second-order valence-electron chi connectivity index (χ2n) is 11.6. The summed E-state index contributed by atoms with van der Waals surface area (Å²) < 4.78 is 5.73. The van der Waals surface area contributed by atoms with E-state index in [2.05, 4.69) is 39.8 Å². The lowest BCUT2D eigenvalue weighted by Crippen LogP contribution is -2.39. The molecule has 3 rings (SSSR count). The van der Waals surface area contributed by atoms with E-state index in [0.29, 0.717) is 18.1 Å². The van der Waals surface area contributed by atoms with Crippen molar-refractivity contribution in [1.29, 1.82) is 0 Å². The van der Waals surface area contributed by atoms with Crippen LogP contribution in [0.3, 0.4) is 0 Å². The maximum Gasteiger partial charge on any atom is 0.224 e. The Kier molecular flexibility index (Phi) is 25.2. The van der Waals surface area contributed by atoms with Crippen molar-refractivity contribution in [2.45, 2.75) is 106 Å². The van der Waals surface area contributed by atoms with Crippen molar-refractivity contribution in [1.82, 2.24) is 5.32 Å². The van der Waals surface area contributed by atoms with Crippen LogP contribution in [0.5, 0.6) is 0 Å². The summed E-state index contributed by atoms with van der Waals surface area (Å²) in [6.07, 6.45) is 13.3. The third-order valence-corrected chi connectivity index (χ3v) is 9.52. The summed E-state index contributed by atoms with van der Waals surface area (Å²) in [5.41, 5.74) is 2.48. The zero-order chi connectivity index (χ0) is 34.9. The van der Waals surface area contributed by atoms with E-state index in [1.54, 1.807) is 0 Å². The number of hydrogen-bond donors (Lipinski definition) is 1. The number of aldehydes is 1. The molecule has 0 aromatic heterocycles. The number of nitrogens with one attached hydrogen (secondary N) is 1. The molecule has 1 N–H and O–H groups in total. The van der Waals surface area contributed by atoms with Crippen LogP contribution >= 0.6 is 21.0 Å². The van der Waals surface area contributed by atoms with Gasteiger partial charge in [-0.15, -0.1) is 9.24 Å². The van der Waals surface area contributed by atoms with Crippen molar-refractivity contribution < 1.29 is 19.1 Å². The molecule has 1 aromatic rings. The molecule has 0 radical (unpaired) electrons. The van der Waals surface area contributed by atoms with Gasteiger partial charge in [0.05, 0.1) is 6.61 Å². The zero-order valence-corrected chi connectivity index (χ0v) is 31.9. The number of benzene rings is 1. The molecule has 1 aliphatic heterocycles. The quantitative estimate of drug-likeness (QED) is 0.0834. The van der Waals surface area contributed by atoms with Gasteiger partial charge in [-0.1, -0.05) is 70.7 Å². The number of Topliss-reactive ketones (excluding diaryl/α,β-unsaturated/α-hetero) is 1. The molecular weight excluding hydrogens is 609 g/mol. The van der Waals surface area contributed by atoms with Gasteiger partial charge in [-0.25, -0.2) is 0 Å². The highest BCUT2D eigenvalue weighted by Crippen LogP contribution is 2.33. The first-order valence-corrected chi connectivity index (χ1v) is 18.8. The number of ether oxygens (including phenoxy) is 1. The fourth-order valence-electron chi connectivity index (χ4n) is 5.18. The SMILES string of the molecule is C=C(C)/C(=C\C(P)=C/C)C(=O)C(C)C1CCC(NC(=O)C/C=C(\OCC)c2ccccc2)CC1.CC.CC1CCSCC1.CC=O. The largest absolute Gasteiger partial charge is 0.494 e. The summed E-state index contributed by atoms with van der Waals surface area (Å²) >= 11 is 2.10. The van der Waals surface area contributed by atoms with Crippen molar-refractivity contribution >= 4 is 44.7 Å². The number of hydrogen-bond acceptors (Lipinski definition) is 5. The van der Waals surface area contributed by atoms with E-state index in [1.807, 2.05) is 90.1 Å². The Morgan fingerprint density at radius 2 is 1.63 bits per heavy atom. The molecule has 0 bridgehead atoms. The van der Waals surface area contributed by atoms with Gasteiger partial charge in [0, 0.05) is 29.5 Å². The molecule has 46 heavy (non-hydrogen) atoms. The van der Waals surface area contributed by atoms with Crippen LogP contribution in [0.4, 0.5) is 0 Å². The van der Waals surface area contributed by atoms with Crippen molar-refractivity contribution in [3.63, 3.8) is 0 Å². The number of ketones is 1. The third kappa shape index (κ3) is 18.0. The van der Waals surface area contributed by atoms with Crippen molar-refractivity contribution in [3.05, 3.63) is 77.2 Å². The normalized spacial score (nSPS) is 19.4. The minimum atomic E-state index is -0.0585. The van der Waals surface area contributed by atoms with Gasteiger partial charge in [0.2, 0.25) is 5.91 Å². The maximum absolute atomic E-state index is 13.2. The second kappa shape index (κ2) is 26.6. The van der Waals surface area contributed by atoms with Crippen LogP contribution in [0.15, 0.2) is 71.6 Å². The highest BCUT2D eigenvalue weighted by Gasteiger charge is 2.31. The van der Waals surface area contributed by atoms with Gasteiger partial charge in [-0.05, 0) is 113 Å². The van der Waals surface area contributed by atoms with E-state index in [4.69, 9.17) is 9.53 Å². The standard InChI is InChI=1S/C29H40NO3P.C6H12S.C2H4O.C2H6/c1-6-25(34)19-26(20(3)4)29(32)21(5)22-13-15-24(16-14-22)30-28(31)18-17-27(33-7-2)23-11-9-8-10-12-23;1-6-2-4-7-5-3-6;1-2-3;1-2/h6,8-12,17,19,21-22,24H,3,7,13-16,18,34H2,1-2,4-5H3,(H,30,31);6H,2-5H2,1H3;2H,1H3;1-2H3/b25-6+,26-19+,27-17-;;;. The predicted octanol–water partition coefficient (Wildman–Crippen LogP) is 10.00. The van der Waals surface area contributed by atoms with Gasteiger partial charge in [0.25, 0.3) is 0 Å². The molecule has 1 aliphatic carbocycles. The lowest BCUT2D eigenvalue weighted by atomic mass is 9.75. The molecule has 1 amide bonds. The van der Waals surface area contributed by atoms with E-state index < -0.39 is 0 Å². The number of carbonyl (C=O) groups is 3. The van der Waals surface area contributed by atoms with Crippen LogP contribution < -0.4 is 5.32 Å². The topological polar surface area (TPSA) is 72.5 Å². The average Bonchev–Trinajstić information content (AvgIpc) is 3.07. The summed E-state index contributed by atoms with van der Waals surface area (Å²) in [6, 6.07) is 10.0. The fraction of sp³-hybridized carbons (Fsp3) is 0.564. The monoisotopic (exact) mass is 671 g/mol. The van der Waals surface area contributed by atoms with Gasteiger partial charge >= 0.3 is 0 Å². The molecule has 0 spiro atoms. The van der Waals surface area contributed by atoms with Crippen LogP contribution in [-0.2, 0) is 19.1 Å². The van der Waals surface area contributed by atoms with Gasteiger partial charge in [0.15, 0.2) is 5.78 Å². The summed E-state index contributed by atoms with van der Waals surface area (Å²) in [4.78, 5) is 34.5. The Morgan fingerprint density at radius 3 is 2.09 bits per heavy atom. The Bertz CT molecular complexity index is 1110. The Labute approximate surface area is 287 Å². The maximum atomic E-state index is 13.2. The first-order valence-electron chi connectivity index (χ1n) is 17.1. The summed E-state index contributed by atoms with van der Waals surface area (Å²) in [5, 5.41) is 4.16. The average molecular weight is 672 g/mol. The summed E-state index contributed by atoms with van der Waals surface area (Å²) in [7, 11) is 2.66. The second-order valence-corrected chi connectivity index (χ2v) is 13.5. The number of carbonyl (C=O) groups excluding carboxylic acids is 3. The molecule has 258 valence electrons. The Hall–Kier alpha value is -2.43. The van der Waals surface area contributed by atoms with Gasteiger partial charge in [-0.2, -0.15) is 11.8 Å². The third-order valence-electron chi connectivity index (χ3n) is 7.97. The first-order chi connectivity index (χ1) is 22.1. The molecule has 5 nitrogen and oxygen atoms in total. The van der Waals surface area contributed by atoms with Crippen LogP contribution in [0, 0.1) is 17.8 Å². The molecule has 2 aliphatic rings. The first kappa shape index (κ1) is 43.6.